The highest BCUT2D eigenvalue weighted by Crippen LogP contribution is 2.26. The van der Waals surface area contributed by atoms with Crippen molar-refractivity contribution in [1.29, 1.82) is 0 Å². The summed E-state index contributed by atoms with van der Waals surface area (Å²) in [6.45, 7) is 12.3. The molecule has 0 saturated carbocycles. The molecule has 3 heterocycles. The number of fused-ring (bicyclic) bond motifs is 1. The smallest absolute Gasteiger partial charge is 0.225 e. The van der Waals surface area contributed by atoms with Crippen LogP contribution in [0.4, 0.5) is 5.95 Å². The van der Waals surface area contributed by atoms with Crippen molar-refractivity contribution in [3.8, 4) is 11.4 Å². The van der Waals surface area contributed by atoms with Gasteiger partial charge in [0.2, 0.25) is 5.95 Å². The van der Waals surface area contributed by atoms with Crippen LogP contribution in [0.1, 0.15) is 19.5 Å². The van der Waals surface area contributed by atoms with Gasteiger partial charge in [-0.3, -0.25) is 4.90 Å². The van der Waals surface area contributed by atoms with E-state index in [4.69, 9.17) is 9.97 Å². The molecular formula is C21H29N7. The molecule has 1 aliphatic heterocycles. The molecule has 0 unspecified atom stereocenters. The number of hydrogen-bond acceptors (Lipinski definition) is 6. The van der Waals surface area contributed by atoms with Crippen molar-refractivity contribution in [2.45, 2.75) is 33.4 Å². The second kappa shape index (κ2) is 8.24. The van der Waals surface area contributed by atoms with Crippen molar-refractivity contribution < 1.29 is 0 Å². The van der Waals surface area contributed by atoms with Crippen molar-refractivity contribution in [2.75, 3.05) is 38.0 Å². The molecule has 3 aromatic rings. The second-order valence-electron chi connectivity index (χ2n) is 7.65. The van der Waals surface area contributed by atoms with Crippen molar-refractivity contribution in [3.05, 3.63) is 36.0 Å². The van der Waals surface area contributed by atoms with Crippen LogP contribution in [0.3, 0.4) is 0 Å². The number of nitrogens with one attached hydrogen (secondary N) is 2. The third kappa shape index (κ3) is 4.00. The maximum Gasteiger partial charge on any atom is 0.225 e. The molecule has 2 aromatic heterocycles. The molecule has 1 saturated heterocycles. The second-order valence-corrected chi connectivity index (χ2v) is 7.65. The first-order chi connectivity index (χ1) is 13.6. The summed E-state index contributed by atoms with van der Waals surface area (Å²) in [6, 6.07) is 10.6. The number of hydrogen-bond donors (Lipinski definition) is 2. The zero-order chi connectivity index (χ0) is 19.5. The Hall–Kier alpha value is -2.51. The molecule has 0 radical (unpaired) electrons. The molecule has 1 aliphatic rings. The lowest BCUT2D eigenvalue weighted by Gasteiger charge is -2.27. The fourth-order valence-electron chi connectivity index (χ4n) is 3.66. The van der Waals surface area contributed by atoms with E-state index < -0.39 is 0 Å². The lowest BCUT2D eigenvalue weighted by Crippen LogP contribution is -2.44. The number of benzene rings is 1. The summed E-state index contributed by atoms with van der Waals surface area (Å²) in [5.74, 6) is 1.63. The molecule has 1 aromatic carbocycles. The summed E-state index contributed by atoms with van der Waals surface area (Å²) in [7, 11) is 0. The Labute approximate surface area is 166 Å². The molecule has 0 amide bonds. The van der Waals surface area contributed by atoms with Crippen molar-refractivity contribution in [1.82, 2.24) is 29.7 Å². The number of aromatic nitrogens is 4. The maximum absolute atomic E-state index is 4.95. The molecule has 0 atom stereocenters. The van der Waals surface area contributed by atoms with Gasteiger partial charge in [0.05, 0.1) is 5.69 Å². The molecule has 4 rings (SSSR count). The van der Waals surface area contributed by atoms with Crippen LogP contribution in [0.2, 0.25) is 0 Å². The Morgan fingerprint density at radius 1 is 1.04 bits per heavy atom. The van der Waals surface area contributed by atoms with Crippen LogP contribution >= 0.6 is 0 Å². The van der Waals surface area contributed by atoms with Crippen LogP contribution in [-0.4, -0.2) is 63.2 Å². The summed E-state index contributed by atoms with van der Waals surface area (Å²) >= 11 is 0. The predicted octanol–water partition coefficient (Wildman–Crippen LogP) is 2.53. The van der Waals surface area contributed by atoms with Gasteiger partial charge in [0, 0.05) is 50.9 Å². The van der Waals surface area contributed by atoms with Crippen molar-refractivity contribution in [2.24, 2.45) is 0 Å². The molecule has 2 N–H and O–H groups in total. The minimum Gasteiger partial charge on any atom is -0.352 e. The lowest BCUT2D eigenvalue weighted by molar-refractivity contribution is 0.233. The average molecular weight is 380 g/mol. The third-order valence-electron chi connectivity index (χ3n) is 5.07. The van der Waals surface area contributed by atoms with Crippen LogP contribution in [0.5, 0.6) is 0 Å². The van der Waals surface area contributed by atoms with E-state index in [-0.39, 0.29) is 6.04 Å². The quantitative estimate of drug-likeness (QED) is 0.686. The van der Waals surface area contributed by atoms with Gasteiger partial charge in [-0.25, -0.2) is 9.97 Å². The van der Waals surface area contributed by atoms with Gasteiger partial charge in [0.1, 0.15) is 11.3 Å². The molecule has 0 bridgehead atoms. The standard InChI is InChI=1S/C21H29N7/c1-15(2)23-21-24-16(3)18-20(26-21)28(14-13-27-11-9-22-10-12-27)19(25-18)17-7-5-4-6-8-17/h4-8,15,22H,9-14H2,1-3H3,(H,23,24,26). The van der Waals surface area contributed by atoms with E-state index in [1.54, 1.807) is 0 Å². The normalized spacial score (nSPS) is 15.4. The highest BCUT2D eigenvalue weighted by Gasteiger charge is 2.19. The highest BCUT2D eigenvalue weighted by atomic mass is 15.2. The van der Waals surface area contributed by atoms with E-state index in [9.17, 15) is 0 Å². The van der Waals surface area contributed by atoms with E-state index in [2.05, 4.69) is 63.2 Å². The first-order valence-corrected chi connectivity index (χ1v) is 10.1. The van der Waals surface area contributed by atoms with E-state index >= 15 is 0 Å². The Balaban J connectivity index is 1.76. The minimum absolute atomic E-state index is 0.280. The number of nitrogens with zero attached hydrogens (tertiary/aromatic N) is 5. The van der Waals surface area contributed by atoms with Crippen LogP contribution in [0.25, 0.3) is 22.6 Å². The van der Waals surface area contributed by atoms with E-state index in [0.717, 1.165) is 67.5 Å². The topological polar surface area (TPSA) is 70.9 Å². The first kappa shape index (κ1) is 18.8. The summed E-state index contributed by atoms with van der Waals surface area (Å²) in [5.41, 5.74) is 3.81. The maximum atomic E-state index is 4.95. The van der Waals surface area contributed by atoms with E-state index in [1.807, 2.05) is 13.0 Å². The zero-order valence-electron chi connectivity index (χ0n) is 16.9. The zero-order valence-corrected chi connectivity index (χ0v) is 16.9. The van der Waals surface area contributed by atoms with E-state index in [0.29, 0.717) is 5.95 Å². The summed E-state index contributed by atoms with van der Waals surface area (Å²) < 4.78 is 2.26. The SMILES string of the molecule is Cc1nc(NC(C)C)nc2c1nc(-c1ccccc1)n2CCN1CCNCC1. The van der Waals surface area contributed by atoms with Gasteiger partial charge in [-0.05, 0) is 20.8 Å². The van der Waals surface area contributed by atoms with Crippen LogP contribution in [0, 0.1) is 6.92 Å². The first-order valence-electron chi connectivity index (χ1n) is 10.1. The Morgan fingerprint density at radius 3 is 2.50 bits per heavy atom. The Morgan fingerprint density at radius 2 is 1.79 bits per heavy atom. The minimum atomic E-state index is 0.280. The Kier molecular flexibility index (Phi) is 5.54. The molecule has 28 heavy (non-hydrogen) atoms. The third-order valence-corrected chi connectivity index (χ3v) is 5.07. The van der Waals surface area contributed by atoms with Gasteiger partial charge in [0.15, 0.2) is 5.65 Å². The van der Waals surface area contributed by atoms with Gasteiger partial charge >= 0.3 is 0 Å². The number of rotatable bonds is 6. The monoisotopic (exact) mass is 379 g/mol. The van der Waals surface area contributed by atoms with Crippen LogP contribution in [0.15, 0.2) is 30.3 Å². The van der Waals surface area contributed by atoms with Crippen molar-refractivity contribution >= 4 is 17.1 Å². The average Bonchev–Trinajstić information content (AvgIpc) is 3.06. The largest absolute Gasteiger partial charge is 0.352 e. The number of anilines is 1. The van der Waals surface area contributed by atoms with E-state index in [1.165, 1.54) is 0 Å². The van der Waals surface area contributed by atoms with Gasteiger partial charge in [-0.2, -0.15) is 4.98 Å². The predicted molar refractivity (Wildman–Crippen MR) is 114 cm³/mol. The lowest BCUT2D eigenvalue weighted by atomic mass is 10.2. The molecule has 0 spiro atoms. The van der Waals surface area contributed by atoms with Crippen molar-refractivity contribution in [3.63, 3.8) is 0 Å². The molecule has 148 valence electrons. The Bertz CT molecular complexity index is 927. The van der Waals surface area contributed by atoms with Crippen LogP contribution < -0.4 is 10.6 Å². The number of aryl methyl sites for hydroxylation is 1. The molecule has 1 fully saturated rings. The molecule has 7 heteroatoms. The fourth-order valence-corrected chi connectivity index (χ4v) is 3.66. The molecule has 7 nitrogen and oxygen atoms in total. The summed E-state index contributed by atoms with van der Waals surface area (Å²) in [6.07, 6.45) is 0. The fraction of sp³-hybridized carbons (Fsp3) is 0.476. The summed E-state index contributed by atoms with van der Waals surface area (Å²) in [4.78, 5) is 16.9. The molecular weight excluding hydrogens is 350 g/mol. The van der Waals surface area contributed by atoms with Gasteiger partial charge in [-0.15, -0.1) is 0 Å². The number of piperazine rings is 1. The van der Waals surface area contributed by atoms with Gasteiger partial charge in [0.25, 0.3) is 0 Å². The van der Waals surface area contributed by atoms with Gasteiger partial charge in [-0.1, -0.05) is 30.3 Å². The summed E-state index contributed by atoms with van der Waals surface area (Å²) in [5, 5.41) is 6.76. The van der Waals surface area contributed by atoms with Gasteiger partial charge < -0.3 is 15.2 Å². The highest BCUT2D eigenvalue weighted by molar-refractivity contribution is 5.80. The van der Waals surface area contributed by atoms with Crippen LogP contribution in [-0.2, 0) is 6.54 Å². The molecule has 0 aliphatic carbocycles. The number of imidazole rings is 1.